The predicted octanol–water partition coefficient (Wildman–Crippen LogP) is 9.47. The Hall–Kier alpha value is -2.44. The highest BCUT2D eigenvalue weighted by molar-refractivity contribution is 7.48. The molecule has 204 valence electrons. The number of carbonyl (C=O) groups excluding carboxylic acids is 1. The zero-order valence-electron chi connectivity index (χ0n) is 25.0. The molecule has 2 unspecified atom stereocenters. The fourth-order valence-electron chi connectivity index (χ4n) is 4.91. The van der Waals surface area contributed by atoms with E-state index < -0.39 is 0 Å². The van der Waals surface area contributed by atoms with Gasteiger partial charge in [-0.1, -0.05) is 144 Å². The Labute approximate surface area is 233 Å². The highest BCUT2D eigenvalue weighted by Gasteiger charge is 2.36. The molecule has 2 nitrogen and oxygen atoms in total. The summed E-state index contributed by atoms with van der Waals surface area (Å²) in [7, 11) is 0.453. The first-order valence-corrected chi connectivity index (χ1v) is 15.0. The molecule has 0 heterocycles. The highest BCUT2D eigenvalue weighted by atomic mass is 31.1. The summed E-state index contributed by atoms with van der Waals surface area (Å²) in [6, 6.07) is 23.4. The molecule has 0 bridgehead atoms. The van der Waals surface area contributed by atoms with Gasteiger partial charge in [0.15, 0.2) is 5.78 Å². The Morgan fingerprint density at radius 2 is 1.42 bits per heavy atom. The maximum atomic E-state index is 12.6. The zero-order chi connectivity index (χ0) is 28.1. The smallest absolute Gasteiger partial charge is 0.160 e. The second-order valence-electron chi connectivity index (χ2n) is 12.8. The quantitative estimate of drug-likeness (QED) is 0.193. The fraction of sp³-hybridized carbons (Fsp3) is 0.457. The third kappa shape index (κ3) is 7.35. The minimum Gasteiger partial charge on any atom is -0.488 e. The van der Waals surface area contributed by atoms with Gasteiger partial charge >= 0.3 is 0 Å². The van der Waals surface area contributed by atoms with E-state index in [2.05, 4.69) is 104 Å². The second-order valence-corrected chi connectivity index (χ2v) is 14.7. The average Bonchev–Trinajstić information content (AvgIpc) is 2.85. The van der Waals surface area contributed by atoms with Gasteiger partial charge in [-0.15, -0.1) is 0 Å². The summed E-state index contributed by atoms with van der Waals surface area (Å²) in [5.74, 6) is 1.14. The van der Waals surface area contributed by atoms with E-state index in [0.29, 0.717) is 15.2 Å². The van der Waals surface area contributed by atoms with Gasteiger partial charge < -0.3 is 4.74 Å². The highest BCUT2D eigenvalue weighted by Crippen LogP contribution is 2.52. The molecule has 0 spiro atoms. The number of benzene rings is 3. The van der Waals surface area contributed by atoms with Gasteiger partial charge in [-0.3, -0.25) is 4.79 Å². The van der Waals surface area contributed by atoms with Crippen molar-refractivity contribution >= 4 is 19.7 Å². The van der Waals surface area contributed by atoms with Gasteiger partial charge in [0.05, 0.1) is 0 Å². The van der Waals surface area contributed by atoms with Crippen molar-refractivity contribution in [2.24, 2.45) is 0 Å². The summed E-state index contributed by atoms with van der Waals surface area (Å²) in [5.41, 5.74) is 5.77. The topological polar surface area (TPSA) is 26.3 Å². The molecule has 0 amide bonds. The summed E-state index contributed by atoms with van der Waals surface area (Å²) in [6.07, 6.45) is 3.28. The molecule has 0 aliphatic rings. The van der Waals surface area contributed by atoms with Gasteiger partial charge in [0.1, 0.15) is 12.4 Å². The zero-order valence-corrected chi connectivity index (χ0v) is 26.0. The van der Waals surface area contributed by atoms with Crippen molar-refractivity contribution < 1.29 is 9.53 Å². The lowest BCUT2D eigenvalue weighted by Crippen LogP contribution is -2.26. The Bertz CT molecular complexity index is 1230. The monoisotopic (exact) mass is 530 g/mol. The molecule has 0 N–H and O–H groups in total. The third-order valence-corrected chi connectivity index (χ3v) is 9.11. The first-order chi connectivity index (χ1) is 17.8. The van der Waals surface area contributed by atoms with Crippen molar-refractivity contribution in [3.05, 3.63) is 94.5 Å². The Morgan fingerprint density at radius 1 is 0.816 bits per heavy atom. The largest absolute Gasteiger partial charge is 0.488 e. The van der Waals surface area contributed by atoms with Gasteiger partial charge in [-0.2, -0.15) is 0 Å². The van der Waals surface area contributed by atoms with Crippen molar-refractivity contribution in [3.8, 4) is 5.75 Å². The molecule has 3 aromatic carbocycles. The van der Waals surface area contributed by atoms with Crippen molar-refractivity contribution in [1.29, 1.82) is 0 Å². The van der Waals surface area contributed by atoms with E-state index in [0.717, 1.165) is 41.4 Å². The van der Waals surface area contributed by atoms with Crippen LogP contribution in [0.15, 0.2) is 66.7 Å². The fourth-order valence-corrected chi connectivity index (χ4v) is 6.70. The van der Waals surface area contributed by atoms with Crippen LogP contribution in [0.4, 0.5) is 0 Å². The van der Waals surface area contributed by atoms with Crippen molar-refractivity contribution in [2.45, 2.75) is 104 Å². The van der Waals surface area contributed by atoms with Crippen LogP contribution >= 0.6 is 8.58 Å². The number of hydrogen-bond acceptors (Lipinski definition) is 2. The normalized spacial score (nSPS) is 14.0. The molecule has 38 heavy (non-hydrogen) atoms. The number of carbonyl (C=O) groups is 1. The number of unbranched alkanes of at least 4 members (excludes halogenated alkanes) is 1. The minimum absolute atomic E-state index is 0.00121. The van der Waals surface area contributed by atoms with Crippen LogP contribution in [0, 0.1) is 0 Å². The van der Waals surface area contributed by atoms with Gasteiger partial charge in [-0.25, -0.2) is 0 Å². The van der Waals surface area contributed by atoms with Crippen LogP contribution in [-0.4, -0.2) is 5.78 Å². The number of ketones is 1. The standard InChI is InChI=1S/C35H47O2P/c1-10-11-21-35(9,38-31-20-16-15-19-28(31)25(2)36)30-23-27(33(3,4)5)22-29(34(6,7)8)32(30)37-24-26-17-13-12-14-18-26/h12-20,22-23,38H,10-11,21,24H2,1-9H3. The Balaban J connectivity index is 2.29. The van der Waals surface area contributed by atoms with E-state index in [-0.39, 0.29) is 21.8 Å². The van der Waals surface area contributed by atoms with Crippen LogP contribution < -0.4 is 10.0 Å². The SMILES string of the molecule is CCCCC(C)(Pc1ccccc1C(C)=O)c1cc(C(C)(C)C)cc(C(C)(C)C)c1OCc1ccccc1. The van der Waals surface area contributed by atoms with Gasteiger partial charge in [0.25, 0.3) is 0 Å². The summed E-state index contributed by atoms with van der Waals surface area (Å²) in [5, 5.41) is 0.973. The number of hydrogen-bond donors (Lipinski definition) is 0. The molecule has 0 radical (unpaired) electrons. The Morgan fingerprint density at radius 3 is 2.00 bits per heavy atom. The van der Waals surface area contributed by atoms with Crippen LogP contribution in [0.5, 0.6) is 5.75 Å². The van der Waals surface area contributed by atoms with Crippen LogP contribution in [0.1, 0.15) is 114 Å². The van der Waals surface area contributed by atoms with Crippen LogP contribution in [-0.2, 0) is 22.6 Å². The molecular weight excluding hydrogens is 483 g/mol. The maximum absolute atomic E-state index is 12.6. The molecular formula is C35H47O2P. The molecule has 0 aliphatic carbocycles. The van der Waals surface area contributed by atoms with E-state index in [4.69, 9.17) is 4.74 Å². The van der Waals surface area contributed by atoms with Crippen molar-refractivity contribution in [3.63, 3.8) is 0 Å². The summed E-state index contributed by atoms with van der Waals surface area (Å²) in [6.45, 7) is 20.6. The number of ether oxygens (including phenoxy) is 1. The van der Waals surface area contributed by atoms with Crippen LogP contribution in [0.25, 0.3) is 0 Å². The lowest BCUT2D eigenvalue weighted by atomic mass is 9.76. The molecule has 0 saturated heterocycles. The average molecular weight is 531 g/mol. The van der Waals surface area contributed by atoms with E-state index in [1.807, 2.05) is 18.2 Å². The lowest BCUT2D eigenvalue weighted by Gasteiger charge is -2.37. The van der Waals surface area contributed by atoms with E-state index in [9.17, 15) is 4.79 Å². The van der Waals surface area contributed by atoms with Gasteiger partial charge in [0, 0.05) is 21.8 Å². The lowest BCUT2D eigenvalue weighted by molar-refractivity contribution is 0.101. The first kappa shape index (κ1) is 30.1. The van der Waals surface area contributed by atoms with Crippen molar-refractivity contribution in [1.82, 2.24) is 0 Å². The van der Waals surface area contributed by atoms with E-state index in [1.54, 1.807) is 6.92 Å². The van der Waals surface area contributed by atoms with Gasteiger partial charge in [-0.05, 0) is 40.6 Å². The van der Waals surface area contributed by atoms with Crippen LogP contribution in [0.3, 0.4) is 0 Å². The third-order valence-electron chi connectivity index (χ3n) is 7.33. The molecule has 0 fully saturated rings. The Kier molecular flexibility index (Phi) is 9.64. The summed E-state index contributed by atoms with van der Waals surface area (Å²) in [4.78, 5) is 12.6. The molecule has 3 rings (SSSR count). The van der Waals surface area contributed by atoms with Crippen LogP contribution in [0.2, 0.25) is 0 Å². The molecule has 2 atom stereocenters. The predicted molar refractivity (Wildman–Crippen MR) is 166 cm³/mol. The summed E-state index contributed by atoms with van der Waals surface area (Å²) >= 11 is 0. The molecule has 0 saturated carbocycles. The molecule has 0 aromatic heterocycles. The molecule has 3 heteroatoms. The molecule has 3 aromatic rings. The second kappa shape index (κ2) is 12.2. The van der Waals surface area contributed by atoms with E-state index >= 15 is 0 Å². The number of rotatable bonds is 10. The molecule has 0 aliphatic heterocycles. The summed E-state index contributed by atoms with van der Waals surface area (Å²) < 4.78 is 6.83. The van der Waals surface area contributed by atoms with Crippen molar-refractivity contribution in [2.75, 3.05) is 0 Å². The minimum atomic E-state index is -0.172. The van der Waals surface area contributed by atoms with Gasteiger partial charge in [0.2, 0.25) is 0 Å². The van der Waals surface area contributed by atoms with E-state index in [1.165, 1.54) is 16.7 Å². The first-order valence-electron chi connectivity index (χ1n) is 14.0. The number of Topliss-reactive ketones (excluding diaryl/α,β-unsaturated/α-hetero) is 1. The maximum Gasteiger partial charge on any atom is 0.160 e.